The van der Waals surface area contributed by atoms with Crippen LogP contribution in [0.4, 0.5) is 5.69 Å². The molecule has 2 aromatic carbocycles. The second kappa shape index (κ2) is 11.9. The van der Waals surface area contributed by atoms with Gasteiger partial charge in [0.25, 0.3) is 5.91 Å². The fourth-order valence-electron chi connectivity index (χ4n) is 4.48. The van der Waals surface area contributed by atoms with E-state index in [2.05, 4.69) is 10.2 Å². The van der Waals surface area contributed by atoms with E-state index >= 15 is 0 Å². The van der Waals surface area contributed by atoms with Gasteiger partial charge in [0.05, 0.1) is 12.8 Å². The average Bonchev–Trinajstić information content (AvgIpc) is 2.91. The second-order valence-corrected chi connectivity index (χ2v) is 9.00. The van der Waals surface area contributed by atoms with Gasteiger partial charge in [-0.25, -0.2) is 0 Å². The highest BCUT2D eigenvalue weighted by molar-refractivity contribution is 6.05. The van der Waals surface area contributed by atoms with Crippen molar-refractivity contribution in [1.82, 2.24) is 10.2 Å². The van der Waals surface area contributed by atoms with E-state index in [9.17, 15) is 14.4 Å². The normalized spacial score (nSPS) is 16.5. The second-order valence-electron chi connectivity index (χ2n) is 9.00. The Morgan fingerprint density at radius 3 is 2.64 bits per heavy atom. The number of likely N-dealkylation sites (tertiary alicyclic amines) is 1. The molecule has 2 heterocycles. The van der Waals surface area contributed by atoms with Gasteiger partial charge in [-0.1, -0.05) is 12.5 Å². The first-order valence-electron chi connectivity index (χ1n) is 12.4. The zero-order valence-corrected chi connectivity index (χ0v) is 20.8. The van der Waals surface area contributed by atoms with Crippen molar-refractivity contribution in [3.8, 4) is 17.2 Å². The molecule has 0 bridgehead atoms. The lowest BCUT2D eigenvalue weighted by molar-refractivity contribution is -0.127. The van der Waals surface area contributed by atoms with Gasteiger partial charge < -0.3 is 24.4 Å². The molecule has 192 valence electrons. The van der Waals surface area contributed by atoms with Crippen LogP contribution in [0.2, 0.25) is 0 Å². The Balaban J connectivity index is 1.41. The Bertz CT molecular complexity index is 1100. The number of carbonyl (C=O) groups is 3. The fraction of sp³-hybridized carbons (Fsp3) is 0.444. The monoisotopic (exact) mass is 495 g/mol. The number of hydrogen-bond donors (Lipinski definition) is 1. The minimum absolute atomic E-state index is 0.162. The molecule has 4 rings (SSSR count). The number of fused-ring (bicyclic) bond motifs is 1. The van der Waals surface area contributed by atoms with Gasteiger partial charge in [0.1, 0.15) is 23.3 Å². The molecular formula is C27H33N3O6. The topological polar surface area (TPSA) is 97.4 Å². The maximum Gasteiger partial charge on any atom is 0.265 e. The van der Waals surface area contributed by atoms with Gasteiger partial charge in [-0.05, 0) is 63.2 Å². The number of hydrogen-bond acceptors (Lipinski definition) is 7. The lowest BCUT2D eigenvalue weighted by atomic mass is 10.1. The zero-order chi connectivity index (χ0) is 25.5. The van der Waals surface area contributed by atoms with Crippen LogP contribution in [0, 0.1) is 0 Å². The van der Waals surface area contributed by atoms with E-state index in [0.717, 1.165) is 19.6 Å². The lowest BCUT2D eigenvalue weighted by Gasteiger charge is -2.34. The van der Waals surface area contributed by atoms with E-state index in [1.54, 1.807) is 56.5 Å². The van der Waals surface area contributed by atoms with Crippen LogP contribution in [0.15, 0.2) is 42.5 Å². The summed E-state index contributed by atoms with van der Waals surface area (Å²) >= 11 is 0. The summed E-state index contributed by atoms with van der Waals surface area (Å²) in [5.41, 5.74) is 0.759. The molecular weight excluding hydrogens is 462 g/mol. The Morgan fingerprint density at radius 1 is 1.08 bits per heavy atom. The predicted octanol–water partition coefficient (Wildman–Crippen LogP) is 2.67. The summed E-state index contributed by atoms with van der Waals surface area (Å²) in [7, 11) is 1.56. The number of ether oxygens (including phenoxy) is 3. The van der Waals surface area contributed by atoms with Crippen LogP contribution in [0.25, 0.3) is 0 Å². The molecule has 1 fully saturated rings. The van der Waals surface area contributed by atoms with E-state index in [1.807, 2.05) is 0 Å². The summed E-state index contributed by atoms with van der Waals surface area (Å²) in [5, 5.41) is 2.95. The van der Waals surface area contributed by atoms with Crippen LogP contribution in [0.1, 0.15) is 36.5 Å². The molecule has 0 radical (unpaired) electrons. The fourth-order valence-corrected chi connectivity index (χ4v) is 4.48. The minimum Gasteiger partial charge on any atom is -0.497 e. The molecule has 1 atom stereocenters. The third kappa shape index (κ3) is 6.15. The van der Waals surface area contributed by atoms with Crippen molar-refractivity contribution in [3.63, 3.8) is 0 Å². The number of carbonyl (C=O) groups excluding carboxylic acids is 3. The largest absolute Gasteiger partial charge is 0.497 e. The Morgan fingerprint density at radius 2 is 1.86 bits per heavy atom. The van der Waals surface area contributed by atoms with E-state index in [0.29, 0.717) is 35.0 Å². The molecule has 2 aliphatic heterocycles. The highest BCUT2D eigenvalue weighted by Crippen LogP contribution is 2.34. The number of benzene rings is 2. The third-order valence-corrected chi connectivity index (χ3v) is 6.51. The van der Waals surface area contributed by atoms with Crippen LogP contribution in [-0.2, 0) is 9.59 Å². The van der Waals surface area contributed by atoms with Crippen molar-refractivity contribution >= 4 is 23.3 Å². The van der Waals surface area contributed by atoms with Gasteiger partial charge in [0.15, 0.2) is 19.0 Å². The Labute approximate surface area is 211 Å². The summed E-state index contributed by atoms with van der Waals surface area (Å²) in [4.78, 5) is 42.3. The molecule has 9 heteroatoms. The van der Waals surface area contributed by atoms with Crippen molar-refractivity contribution in [2.75, 3.05) is 51.4 Å². The third-order valence-electron chi connectivity index (χ3n) is 6.51. The number of methoxy groups -OCH3 is 1. The summed E-state index contributed by atoms with van der Waals surface area (Å²) in [6, 6.07) is 11.1. The van der Waals surface area contributed by atoms with E-state index < -0.39 is 6.04 Å². The standard InChI is InChI=1S/C27H33N3O6/c1-19(27(33)28-11-14-29-12-4-3-5-13-29)30-23-15-20(9-10-25(23)36-18-26(30)32)24(31)17-35-22-8-6-7-21(16-22)34-2/h6-10,15-16,19H,3-5,11-14,17-18H2,1-2H3,(H,28,33). The number of nitrogens with one attached hydrogen (secondary N) is 1. The maximum absolute atomic E-state index is 12.9. The smallest absolute Gasteiger partial charge is 0.265 e. The van der Waals surface area contributed by atoms with Crippen molar-refractivity contribution in [1.29, 1.82) is 0 Å². The maximum atomic E-state index is 12.9. The predicted molar refractivity (Wildman–Crippen MR) is 135 cm³/mol. The lowest BCUT2D eigenvalue weighted by Crippen LogP contribution is -2.52. The highest BCUT2D eigenvalue weighted by Gasteiger charge is 2.33. The average molecular weight is 496 g/mol. The van der Waals surface area contributed by atoms with Crippen LogP contribution >= 0.6 is 0 Å². The van der Waals surface area contributed by atoms with Crippen LogP contribution in [0.3, 0.4) is 0 Å². The van der Waals surface area contributed by atoms with Crippen LogP contribution in [0.5, 0.6) is 17.2 Å². The molecule has 0 aliphatic carbocycles. The molecule has 2 aliphatic rings. The summed E-state index contributed by atoms with van der Waals surface area (Å²) in [5.74, 6) is 0.744. The first-order valence-corrected chi connectivity index (χ1v) is 12.4. The number of amides is 2. The number of rotatable bonds is 10. The van der Waals surface area contributed by atoms with Crippen molar-refractivity contribution < 1.29 is 28.6 Å². The molecule has 0 saturated carbocycles. The Kier molecular flexibility index (Phi) is 8.43. The highest BCUT2D eigenvalue weighted by atomic mass is 16.5. The van der Waals surface area contributed by atoms with Gasteiger partial charge >= 0.3 is 0 Å². The molecule has 1 unspecified atom stereocenters. The molecule has 1 saturated heterocycles. The van der Waals surface area contributed by atoms with Crippen LogP contribution < -0.4 is 24.4 Å². The number of nitrogens with zero attached hydrogens (tertiary/aromatic N) is 2. The summed E-state index contributed by atoms with van der Waals surface area (Å²) < 4.78 is 16.4. The number of piperidine rings is 1. The molecule has 2 amide bonds. The van der Waals surface area contributed by atoms with E-state index in [4.69, 9.17) is 14.2 Å². The van der Waals surface area contributed by atoms with E-state index in [-0.39, 0.29) is 30.8 Å². The molecule has 0 aromatic heterocycles. The first kappa shape index (κ1) is 25.5. The van der Waals surface area contributed by atoms with Crippen molar-refractivity contribution in [3.05, 3.63) is 48.0 Å². The summed E-state index contributed by atoms with van der Waals surface area (Å²) in [6.07, 6.45) is 3.64. The quantitative estimate of drug-likeness (QED) is 0.506. The van der Waals surface area contributed by atoms with Gasteiger partial charge in [-0.15, -0.1) is 0 Å². The zero-order valence-electron chi connectivity index (χ0n) is 20.8. The molecule has 36 heavy (non-hydrogen) atoms. The Hall–Kier alpha value is -3.59. The summed E-state index contributed by atoms with van der Waals surface area (Å²) in [6.45, 7) is 4.76. The molecule has 9 nitrogen and oxygen atoms in total. The van der Waals surface area contributed by atoms with Gasteiger partial charge in [0.2, 0.25) is 5.91 Å². The number of ketones is 1. The minimum atomic E-state index is -0.750. The first-order chi connectivity index (χ1) is 17.5. The number of anilines is 1. The van der Waals surface area contributed by atoms with Gasteiger partial charge in [0, 0.05) is 24.7 Å². The number of Topliss-reactive ketones (excluding diaryl/α,β-unsaturated/α-hetero) is 1. The molecule has 0 spiro atoms. The van der Waals surface area contributed by atoms with Crippen molar-refractivity contribution in [2.24, 2.45) is 0 Å². The molecule has 1 N–H and O–H groups in total. The van der Waals surface area contributed by atoms with Gasteiger partial charge in [-0.3, -0.25) is 19.3 Å². The van der Waals surface area contributed by atoms with E-state index in [1.165, 1.54) is 24.2 Å². The SMILES string of the molecule is COc1cccc(OCC(=O)c2ccc3c(c2)N(C(C)C(=O)NCCN2CCCCC2)C(=O)CO3)c1. The van der Waals surface area contributed by atoms with Crippen LogP contribution in [-0.4, -0.2) is 75.0 Å². The van der Waals surface area contributed by atoms with Crippen molar-refractivity contribution in [2.45, 2.75) is 32.2 Å². The van der Waals surface area contributed by atoms with Gasteiger partial charge in [-0.2, -0.15) is 0 Å². The molecule has 2 aromatic rings.